The summed E-state index contributed by atoms with van der Waals surface area (Å²) in [6, 6.07) is 10.5. The fraction of sp³-hybridized carbons (Fsp3) is 0.588. The Labute approximate surface area is 127 Å². The highest BCUT2D eigenvalue weighted by molar-refractivity contribution is 5.76. The molecule has 116 valence electrons. The van der Waals surface area contributed by atoms with Crippen molar-refractivity contribution in [3.63, 3.8) is 0 Å². The summed E-state index contributed by atoms with van der Waals surface area (Å²) < 4.78 is 0. The van der Waals surface area contributed by atoms with E-state index in [0.29, 0.717) is 18.6 Å². The van der Waals surface area contributed by atoms with Crippen molar-refractivity contribution in [2.24, 2.45) is 0 Å². The summed E-state index contributed by atoms with van der Waals surface area (Å²) in [5, 5.41) is 12.9. The Bertz CT molecular complexity index is 441. The van der Waals surface area contributed by atoms with E-state index in [0.717, 1.165) is 12.1 Å². The van der Waals surface area contributed by atoms with Crippen molar-refractivity contribution < 1.29 is 9.90 Å². The average molecular weight is 290 g/mol. The summed E-state index contributed by atoms with van der Waals surface area (Å²) in [6.45, 7) is 5.92. The van der Waals surface area contributed by atoms with Gasteiger partial charge < -0.3 is 10.4 Å². The van der Waals surface area contributed by atoms with Gasteiger partial charge in [-0.2, -0.15) is 0 Å². The minimum Gasteiger partial charge on any atom is -0.388 e. The molecule has 1 fully saturated rings. The lowest BCUT2D eigenvalue weighted by Crippen LogP contribution is -2.40. The van der Waals surface area contributed by atoms with Gasteiger partial charge in [0.25, 0.3) is 0 Å². The molecule has 1 amide bonds. The van der Waals surface area contributed by atoms with Gasteiger partial charge in [0.15, 0.2) is 0 Å². The van der Waals surface area contributed by atoms with Crippen molar-refractivity contribution >= 4 is 5.91 Å². The second kappa shape index (κ2) is 7.57. The highest BCUT2D eigenvalue weighted by Crippen LogP contribution is 2.27. The monoisotopic (exact) mass is 290 g/mol. The number of rotatable bonds is 8. The standard InChI is InChI=1S/C17H26N2O2/c1-13(2)19(15-8-9-15)11-10-18-17(21)12-16(20)14-6-4-3-5-7-14/h3-7,13,15-16,20H,8-12H2,1-2H3,(H,18,21). The number of carbonyl (C=O) groups is 1. The van der Waals surface area contributed by atoms with E-state index in [2.05, 4.69) is 24.1 Å². The molecule has 0 aliphatic heterocycles. The van der Waals surface area contributed by atoms with Gasteiger partial charge in [-0.15, -0.1) is 0 Å². The van der Waals surface area contributed by atoms with E-state index in [-0.39, 0.29) is 12.3 Å². The third-order valence-electron chi connectivity index (χ3n) is 3.93. The molecule has 21 heavy (non-hydrogen) atoms. The quantitative estimate of drug-likeness (QED) is 0.771. The van der Waals surface area contributed by atoms with Gasteiger partial charge in [0.2, 0.25) is 5.91 Å². The van der Waals surface area contributed by atoms with E-state index in [1.165, 1.54) is 12.8 Å². The van der Waals surface area contributed by atoms with Crippen LogP contribution in [0.5, 0.6) is 0 Å². The van der Waals surface area contributed by atoms with Gasteiger partial charge in [0.1, 0.15) is 0 Å². The zero-order valence-electron chi connectivity index (χ0n) is 13.0. The van der Waals surface area contributed by atoms with Crippen LogP contribution in [0.2, 0.25) is 0 Å². The first kappa shape index (κ1) is 16.0. The zero-order chi connectivity index (χ0) is 15.2. The second-order valence-electron chi connectivity index (χ2n) is 6.04. The minimum absolute atomic E-state index is 0.0918. The van der Waals surface area contributed by atoms with Gasteiger partial charge in [0, 0.05) is 25.2 Å². The fourth-order valence-corrected chi connectivity index (χ4v) is 2.63. The molecular formula is C17H26N2O2. The van der Waals surface area contributed by atoms with E-state index in [1.807, 2.05) is 30.3 Å². The average Bonchev–Trinajstić information content (AvgIpc) is 3.28. The highest BCUT2D eigenvalue weighted by Gasteiger charge is 2.30. The molecule has 1 unspecified atom stereocenters. The lowest BCUT2D eigenvalue weighted by atomic mass is 10.1. The molecule has 4 nitrogen and oxygen atoms in total. The topological polar surface area (TPSA) is 52.6 Å². The van der Waals surface area contributed by atoms with Crippen LogP contribution >= 0.6 is 0 Å². The van der Waals surface area contributed by atoms with Crippen LogP contribution in [0.4, 0.5) is 0 Å². The predicted octanol–water partition coefficient (Wildman–Crippen LogP) is 2.10. The maximum atomic E-state index is 11.9. The van der Waals surface area contributed by atoms with Crippen LogP contribution in [0.3, 0.4) is 0 Å². The first-order chi connectivity index (χ1) is 10.1. The van der Waals surface area contributed by atoms with Crippen molar-refractivity contribution in [2.75, 3.05) is 13.1 Å². The number of amides is 1. The molecule has 2 rings (SSSR count). The molecule has 1 aliphatic rings. The van der Waals surface area contributed by atoms with E-state index in [9.17, 15) is 9.90 Å². The van der Waals surface area contributed by atoms with Crippen LogP contribution in [-0.4, -0.2) is 41.1 Å². The number of nitrogens with one attached hydrogen (secondary N) is 1. The molecule has 1 aliphatic carbocycles. The first-order valence-corrected chi connectivity index (χ1v) is 7.83. The lowest BCUT2D eigenvalue weighted by Gasteiger charge is -2.26. The number of aliphatic hydroxyl groups is 1. The largest absolute Gasteiger partial charge is 0.388 e. The minimum atomic E-state index is -0.726. The molecule has 1 aromatic rings. The lowest BCUT2D eigenvalue weighted by molar-refractivity contribution is -0.123. The van der Waals surface area contributed by atoms with Crippen molar-refractivity contribution in [2.45, 2.75) is 51.3 Å². The molecule has 2 N–H and O–H groups in total. The Morgan fingerprint density at radius 1 is 1.33 bits per heavy atom. The SMILES string of the molecule is CC(C)N(CCNC(=O)CC(O)c1ccccc1)C1CC1. The van der Waals surface area contributed by atoms with Gasteiger partial charge in [-0.1, -0.05) is 30.3 Å². The maximum absolute atomic E-state index is 11.9. The van der Waals surface area contributed by atoms with Crippen LogP contribution in [0.1, 0.15) is 44.8 Å². The molecule has 1 atom stereocenters. The first-order valence-electron chi connectivity index (χ1n) is 7.83. The van der Waals surface area contributed by atoms with Crippen molar-refractivity contribution in [3.05, 3.63) is 35.9 Å². The maximum Gasteiger partial charge on any atom is 0.223 e. The third-order valence-corrected chi connectivity index (χ3v) is 3.93. The number of hydrogen-bond donors (Lipinski definition) is 2. The number of nitrogens with zero attached hydrogens (tertiary/aromatic N) is 1. The van der Waals surface area contributed by atoms with Crippen molar-refractivity contribution in [3.8, 4) is 0 Å². The molecule has 1 saturated carbocycles. The summed E-state index contributed by atoms with van der Waals surface area (Å²) >= 11 is 0. The highest BCUT2D eigenvalue weighted by atomic mass is 16.3. The van der Waals surface area contributed by atoms with Crippen LogP contribution in [0.15, 0.2) is 30.3 Å². The number of benzene rings is 1. The van der Waals surface area contributed by atoms with Crippen LogP contribution in [0.25, 0.3) is 0 Å². The van der Waals surface area contributed by atoms with Crippen molar-refractivity contribution in [1.29, 1.82) is 0 Å². The smallest absolute Gasteiger partial charge is 0.223 e. The van der Waals surface area contributed by atoms with Crippen LogP contribution in [-0.2, 0) is 4.79 Å². The van der Waals surface area contributed by atoms with Gasteiger partial charge >= 0.3 is 0 Å². The second-order valence-corrected chi connectivity index (χ2v) is 6.04. The van der Waals surface area contributed by atoms with E-state index in [1.54, 1.807) is 0 Å². The Morgan fingerprint density at radius 2 is 2.00 bits per heavy atom. The Hall–Kier alpha value is -1.39. The van der Waals surface area contributed by atoms with Crippen LogP contribution in [0, 0.1) is 0 Å². The van der Waals surface area contributed by atoms with Gasteiger partial charge in [-0.25, -0.2) is 0 Å². The number of hydrogen-bond acceptors (Lipinski definition) is 3. The summed E-state index contributed by atoms with van der Waals surface area (Å²) in [5.41, 5.74) is 0.787. The predicted molar refractivity (Wildman–Crippen MR) is 83.9 cm³/mol. The van der Waals surface area contributed by atoms with Gasteiger partial charge in [-0.05, 0) is 32.3 Å². The third kappa shape index (κ3) is 5.14. The molecule has 0 heterocycles. The molecule has 4 heteroatoms. The van der Waals surface area contributed by atoms with Crippen LogP contribution < -0.4 is 5.32 Å². The molecule has 0 saturated heterocycles. The Kier molecular flexibility index (Phi) is 5.76. The van der Waals surface area contributed by atoms with Gasteiger partial charge in [-0.3, -0.25) is 9.69 Å². The summed E-state index contributed by atoms with van der Waals surface area (Å²) in [5.74, 6) is -0.0918. The molecule has 1 aromatic carbocycles. The summed E-state index contributed by atoms with van der Waals surface area (Å²) in [7, 11) is 0. The zero-order valence-corrected chi connectivity index (χ0v) is 13.0. The summed E-state index contributed by atoms with van der Waals surface area (Å²) in [4.78, 5) is 14.3. The Balaban J connectivity index is 1.70. The van der Waals surface area contributed by atoms with Gasteiger partial charge in [0.05, 0.1) is 12.5 Å². The van der Waals surface area contributed by atoms with E-state index < -0.39 is 6.10 Å². The molecule has 0 spiro atoms. The normalized spacial score (nSPS) is 16.2. The molecule has 0 aromatic heterocycles. The number of aliphatic hydroxyl groups excluding tert-OH is 1. The number of carbonyl (C=O) groups excluding carboxylic acids is 1. The summed E-state index contributed by atoms with van der Waals surface area (Å²) in [6.07, 6.45) is 1.95. The molecule has 0 bridgehead atoms. The van der Waals surface area contributed by atoms with Crippen molar-refractivity contribution in [1.82, 2.24) is 10.2 Å². The Morgan fingerprint density at radius 3 is 2.57 bits per heavy atom. The molecule has 0 radical (unpaired) electrons. The van der Waals surface area contributed by atoms with E-state index in [4.69, 9.17) is 0 Å². The molecular weight excluding hydrogens is 264 g/mol. The fourth-order valence-electron chi connectivity index (χ4n) is 2.63. The van der Waals surface area contributed by atoms with E-state index >= 15 is 0 Å².